The van der Waals surface area contributed by atoms with E-state index in [4.69, 9.17) is 9.47 Å². The Bertz CT molecular complexity index is 1630. The van der Waals surface area contributed by atoms with E-state index in [1.165, 1.54) is 0 Å². The highest BCUT2D eigenvalue weighted by molar-refractivity contribution is 6.00. The second-order valence-electron chi connectivity index (χ2n) is 12.9. The van der Waals surface area contributed by atoms with Gasteiger partial charge in [-0.2, -0.15) is 0 Å². The second-order valence-corrected chi connectivity index (χ2v) is 12.9. The first-order valence-electron chi connectivity index (χ1n) is 16.9. The molecular formula is C38H47N5O7. The summed E-state index contributed by atoms with van der Waals surface area (Å²) in [6.07, 6.45) is 1.50. The molecule has 3 aromatic rings. The van der Waals surface area contributed by atoms with E-state index in [0.717, 1.165) is 16.9 Å². The average Bonchev–Trinajstić information content (AvgIpc) is 3.09. The van der Waals surface area contributed by atoms with Gasteiger partial charge in [0.2, 0.25) is 23.6 Å². The van der Waals surface area contributed by atoms with Crippen LogP contribution in [0, 0.1) is 0 Å². The van der Waals surface area contributed by atoms with Crippen LogP contribution in [0.2, 0.25) is 0 Å². The van der Waals surface area contributed by atoms with Gasteiger partial charge in [-0.1, -0.05) is 54.6 Å². The Labute approximate surface area is 293 Å². The van der Waals surface area contributed by atoms with Crippen LogP contribution in [0.1, 0.15) is 61.0 Å². The molecule has 2 atom stereocenters. The topological polar surface area (TPSA) is 164 Å². The Kier molecular flexibility index (Phi) is 13.8. The Hall–Kier alpha value is -5.39. The molecule has 0 aromatic heterocycles. The molecule has 0 bridgehead atoms. The summed E-state index contributed by atoms with van der Waals surface area (Å²) in [7, 11) is 1.60. The van der Waals surface area contributed by atoms with Gasteiger partial charge in [0.25, 0.3) is 5.91 Å². The fraction of sp³-hybridized carbons (Fsp3) is 0.395. The molecule has 3 aromatic carbocycles. The zero-order chi connectivity index (χ0) is 35.9. The van der Waals surface area contributed by atoms with Crippen molar-refractivity contribution in [3.05, 3.63) is 95.6 Å². The van der Waals surface area contributed by atoms with Crippen molar-refractivity contribution in [1.82, 2.24) is 26.6 Å². The minimum absolute atomic E-state index is 0.133. The van der Waals surface area contributed by atoms with Gasteiger partial charge in [-0.05, 0) is 68.5 Å². The molecule has 50 heavy (non-hydrogen) atoms. The average molecular weight is 686 g/mol. The Morgan fingerprint density at radius 3 is 2.44 bits per heavy atom. The predicted molar refractivity (Wildman–Crippen MR) is 189 cm³/mol. The van der Waals surface area contributed by atoms with Gasteiger partial charge in [0.05, 0.1) is 25.7 Å². The fourth-order valence-corrected chi connectivity index (χ4v) is 5.63. The number of carbonyl (C=O) groups is 5. The standard InChI is InChI=1S/C38H47N5O7/c1-38(2)25-34(45)41-30(23-27-12-5-4-6-13-27)36(47)40-20-11-21-50-32-18-8-7-17-29(32)35(46)42-31(24-33(44)43-38)37(48)39-19-10-15-26-14-9-16-28(22-26)49-3/h4-9,12-14,16-18,22,30-31H,10-11,15,19-21,23-25H2,1-3H3,(H,39,48)(H,40,47)(H,41,45)(H,42,46)(H,43,44)/t30-,31-/m0/s1. The lowest BCUT2D eigenvalue weighted by Gasteiger charge is -2.28. The van der Waals surface area contributed by atoms with Crippen LogP contribution in [0.4, 0.5) is 0 Å². The third-order valence-electron chi connectivity index (χ3n) is 8.11. The normalized spacial score (nSPS) is 19.0. The molecule has 0 aliphatic carbocycles. The Morgan fingerprint density at radius 1 is 0.920 bits per heavy atom. The molecule has 266 valence electrons. The van der Waals surface area contributed by atoms with Crippen molar-refractivity contribution in [2.75, 3.05) is 26.8 Å². The molecule has 0 spiro atoms. The summed E-state index contributed by atoms with van der Waals surface area (Å²) in [5.74, 6) is -1.38. The van der Waals surface area contributed by atoms with Gasteiger partial charge in [0.1, 0.15) is 23.6 Å². The van der Waals surface area contributed by atoms with E-state index in [0.29, 0.717) is 31.6 Å². The van der Waals surface area contributed by atoms with Gasteiger partial charge in [-0.15, -0.1) is 0 Å². The molecule has 0 saturated heterocycles. The summed E-state index contributed by atoms with van der Waals surface area (Å²) < 4.78 is 11.2. The maximum Gasteiger partial charge on any atom is 0.255 e. The molecule has 12 nitrogen and oxygen atoms in total. The number of ether oxygens (including phenoxy) is 2. The number of carbonyl (C=O) groups excluding carboxylic acids is 5. The molecule has 0 saturated carbocycles. The number of hydrogen-bond acceptors (Lipinski definition) is 7. The number of rotatable bonds is 8. The van der Waals surface area contributed by atoms with Crippen molar-refractivity contribution in [3.63, 3.8) is 0 Å². The summed E-state index contributed by atoms with van der Waals surface area (Å²) >= 11 is 0. The minimum Gasteiger partial charge on any atom is -0.497 e. The summed E-state index contributed by atoms with van der Waals surface area (Å²) in [4.78, 5) is 66.8. The molecule has 1 heterocycles. The van der Waals surface area contributed by atoms with Crippen LogP contribution in [-0.4, -0.2) is 74.0 Å². The Morgan fingerprint density at radius 2 is 1.66 bits per heavy atom. The first-order chi connectivity index (χ1) is 24.0. The third kappa shape index (κ3) is 11.9. The lowest BCUT2D eigenvalue weighted by molar-refractivity contribution is -0.131. The molecule has 5 N–H and O–H groups in total. The zero-order valence-corrected chi connectivity index (χ0v) is 28.9. The number of hydrogen-bond donors (Lipinski definition) is 5. The number of amides is 5. The van der Waals surface area contributed by atoms with Crippen molar-refractivity contribution >= 4 is 29.5 Å². The van der Waals surface area contributed by atoms with Crippen LogP contribution in [0.25, 0.3) is 0 Å². The highest BCUT2D eigenvalue weighted by Gasteiger charge is 2.31. The maximum atomic E-state index is 13.5. The molecule has 0 unspecified atom stereocenters. The molecular weight excluding hydrogens is 638 g/mol. The van der Waals surface area contributed by atoms with Crippen LogP contribution < -0.4 is 36.1 Å². The van der Waals surface area contributed by atoms with E-state index in [1.54, 1.807) is 45.2 Å². The van der Waals surface area contributed by atoms with Crippen molar-refractivity contribution in [1.29, 1.82) is 0 Å². The summed E-state index contributed by atoms with van der Waals surface area (Å²) in [5, 5.41) is 14.1. The van der Waals surface area contributed by atoms with Crippen LogP contribution in [0.5, 0.6) is 11.5 Å². The summed E-state index contributed by atoms with van der Waals surface area (Å²) in [6, 6.07) is 21.6. The molecule has 1 aliphatic rings. The predicted octanol–water partition coefficient (Wildman–Crippen LogP) is 2.84. The minimum atomic E-state index is -1.21. The lowest BCUT2D eigenvalue weighted by atomic mass is 9.98. The zero-order valence-electron chi connectivity index (χ0n) is 28.9. The maximum absolute atomic E-state index is 13.5. The van der Waals surface area contributed by atoms with E-state index in [-0.39, 0.29) is 43.9 Å². The van der Waals surface area contributed by atoms with Gasteiger partial charge in [-0.25, -0.2) is 0 Å². The van der Waals surface area contributed by atoms with Crippen molar-refractivity contribution in [2.45, 2.75) is 70.0 Å². The molecule has 0 fully saturated rings. The van der Waals surface area contributed by atoms with Crippen molar-refractivity contribution < 1.29 is 33.4 Å². The quantitative estimate of drug-likeness (QED) is 0.228. The van der Waals surface area contributed by atoms with Crippen LogP contribution >= 0.6 is 0 Å². The molecule has 5 amide bonds. The van der Waals surface area contributed by atoms with E-state index in [9.17, 15) is 24.0 Å². The SMILES string of the molecule is COc1cccc(CCCNC(=O)[C@@H]2CC(=O)NC(C)(C)CC(=O)N[C@@H](Cc3ccccc3)C(=O)NCCCOc3ccccc3C(=O)N2)c1. The summed E-state index contributed by atoms with van der Waals surface area (Å²) in [5.41, 5.74) is 1.08. The number of nitrogens with one attached hydrogen (secondary N) is 5. The van der Waals surface area contributed by atoms with Crippen molar-refractivity contribution in [3.8, 4) is 11.5 Å². The van der Waals surface area contributed by atoms with Gasteiger partial charge in [0.15, 0.2) is 0 Å². The first-order valence-corrected chi connectivity index (χ1v) is 16.9. The number of aryl methyl sites for hydroxylation is 1. The van der Waals surface area contributed by atoms with Crippen LogP contribution in [0.15, 0.2) is 78.9 Å². The van der Waals surface area contributed by atoms with Gasteiger partial charge in [-0.3, -0.25) is 24.0 Å². The monoisotopic (exact) mass is 685 g/mol. The van der Waals surface area contributed by atoms with Crippen LogP contribution in [0.3, 0.4) is 0 Å². The number of methoxy groups -OCH3 is 1. The number of fused-ring (bicyclic) bond motifs is 1. The molecule has 1 aliphatic heterocycles. The van der Waals surface area contributed by atoms with Crippen LogP contribution in [-0.2, 0) is 32.0 Å². The largest absolute Gasteiger partial charge is 0.497 e. The first kappa shape index (κ1) is 37.4. The van der Waals surface area contributed by atoms with Crippen molar-refractivity contribution in [2.24, 2.45) is 0 Å². The second kappa shape index (κ2) is 18.4. The van der Waals surface area contributed by atoms with E-state index in [2.05, 4.69) is 26.6 Å². The highest BCUT2D eigenvalue weighted by Crippen LogP contribution is 2.19. The number of para-hydroxylation sites is 1. The van der Waals surface area contributed by atoms with E-state index < -0.39 is 41.3 Å². The smallest absolute Gasteiger partial charge is 0.255 e. The van der Waals surface area contributed by atoms with E-state index >= 15 is 0 Å². The molecule has 0 radical (unpaired) electrons. The third-order valence-corrected chi connectivity index (χ3v) is 8.11. The van der Waals surface area contributed by atoms with Gasteiger partial charge < -0.3 is 36.1 Å². The Balaban J connectivity index is 1.50. The molecule has 12 heteroatoms. The van der Waals surface area contributed by atoms with E-state index in [1.807, 2.05) is 54.6 Å². The molecule has 4 rings (SSSR count). The fourth-order valence-electron chi connectivity index (χ4n) is 5.63. The highest BCUT2D eigenvalue weighted by atomic mass is 16.5. The van der Waals surface area contributed by atoms with Gasteiger partial charge in [0, 0.05) is 31.5 Å². The number of benzene rings is 3. The van der Waals surface area contributed by atoms with Gasteiger partial charge >= 0.3 is 0 Å². The lowest BCUT2D eigenvalue weighted by Crippen LogP contribution is -2.54. The summed E-state index contributed by atoms with van der Waals surface area (Å²) in [6.45, 7) is 4.13.